The van der Waals surface area contributed by atoms with Gasteiger partial charge in [-0.1, -0.05) is 48.5 Å². The van der Waals surface area contributed by atoms with E-state index in [0.29, 0.717) is 6.04 Å². The summed E-state index contributed by atoms with van der Waals surface area (Å²) in [4.78, 5) is 28.4. The number of rotatable bonds is 6. The second-order valence-corrected chi connectivity index (χ2v) is 11.6. The minimum atomic E-state index is -3.13. The molecule has 0 aliphatic carbocycles. The van der Waals surface area contributed by atoms with Crippen LogP contribution in [0.15, 0.2) is 76.4 Å². The van der Waals surface area contributed by atoms with Crippen molar-refractivity contribution in [1.82, 2.24) is 9.55 Å². The molecule has 2 N–H and O–H groups in total. The Balaban J connectivity index is 1.62. The van der Waals surface area contributed by atoms with Gasteiger partial charge in [-0.15, -0.1) is 0 Å². The molecule has 0 saturated carbocycles. The zero-order valence-corrected chi connectivity index (χ0v) is 20.0. The Morgan fingerprint density at radius 3 is 2.41 bits per heavy atom. The van der Waals surface area contributed by atoms with Gasteiger partial charge in [-0.3, -0.25) is 14.3 Å². The van der Waals surface area contributed by atoms with Gasteiger partial charge in [0.2, 0.25) is 0 Å². The highest BCUT2D eigenvalue weighted by atomic mass is 28.4. The van der Waals surface area contributed by atoms with Gasteiger partial charge in [0.25, 0.3) is 5.56 Å². The molecule has 34 heavy (non-hydrogen) atoms. The van der Waals surface area contributed by atoms with Crippen LogP contribution in [-0.4, -0.2) is 62.2 Å². The van der Waals surface area contributed by atoms with Crippen molar-refractivity contribution in [3.8, 4) is 0 Å². The Labute approximate surface area is 197 Å². The standard InChI is InChI=1S/C24H27N3O6Si/c1-26(2)17-10-6-7-11-19(17)34(15-16-8-4-3-5-9-16)32-21-18(14-28)31-23(22(21)33-34)27-13-12-20(29)25-24(27)30/h3-13,18,21-23,28H,14-15H2,1-2H3,(H,25,29,30)/t18-,21+,22?,23-,34?/m1/s1. The molecule has 10 heteroatoms. The Morgan fingerprint density at radius 2 is 1.71 bits per heavy atom. The molecule has 2 unspecified atom stereocenters. The van der Waals surface area contributed by atoms with Crippen LogP contribution in [0.3, 0.4) is 0 Å². The predicted octanol–water partition coefficient (Wildman–Crippen LogP) is 0.408. The number of aliphatic hydroxyl groups is 1. The number of benzene rings is 2. The Morgan fingerprint density at radius 1 is 1.00 bits per heavy atom. The van der Waals surface area contributed by atoms with Gasteiger partial charge in [0.15, 0.2) is 6.23 Å². The molecule has 2 saturated heterocycles. The number of ether oxygens (including phenoxy) is 1. The Kier molecular flexibility index (Phi) is 6.00. The average molecular weight is 482 g/mol. The van der Waals surface area contributed by atoms with E-state index in [2.05, 4.69) is 4.98 Å². The Hall–Kier alpha value is -3.02. The smallest absolute Gasteiger partial charge is 0.380 e. The summed E-state index contributed by atoms with van der Waals surface area (Å²) < 4.78 is 20.9. The molecule has 2 aliphatic rings. The number of aliphatic hydroxyl groups excluding tert-OH is 1. The van der Waals surface area contributed by atoms with E-state index in [1.165, 1.54) is 16.8 Å². The van der Waals surface area contributed by atoms with Crippen LogP contribution in [0.1, 0.15) is 11.8 Å². The number of fused-ring (bicyclic) bond motifs is 1. The van der Waals surface area contributed by atoms with Gasteiger partial charge in [-0.05, 0) is 11.6 Å². The quantitative estimate of drug-likeness (QED) is 0.491. The van der Waals surface area contributed by atoms with Gasteiger partial charge in [-0.25, -0.2) is 4.79 Å². The average Bonchev–Trinajstić information content (AvgIpc) is 3.36. The van der Waals surface area contributed by atoms with Crippen molar-refractivity contribution < 1.29 is 18.7 Å². The highest BCUT2D eigenvalue weighted by molar-refractivity contribution is 6.82. The van der Waals surface area contributed by atoms with Crippen molar-refractivity contribution in [3.05, 3.63) is 93.3 Å². The van der Waals surface area contributed by atoms with Gasteiger partial charge in [0, 0.05) is 43.3 Å². The second kappa shape index (κ2) is 8.97. The molecule has 3 aromatic rings. The fraction of sp³-hybridized carbons (Fsp3) is 0.333. The molecule has 178 valence electrons. The maximum atomic E-state index is 12.5. The molecule has 2 aliphatic heterocycles. The van der Waals surface area contributed by atoms with E-state index in [-0.39, 0.29) is 6.61 Å². The van der Waals surface area contributed by atoms with E-state index in [0.717, 1.165) is 16.4 Å². The van der Waals surface area contributed by atoms with Crippen molar-refractivity contribution in [1.29, 1.82) is 0 Å². The first-order chi connectivity index (χ1) is 16.4. The number of nitrogens with one attached hydrogen (secondary N) is 1. The van der Waals surface area contributed by atoms with Crippen LogP contribution < -0.4 is 21.3 Å². The maximum absolute atomic E-state index is 12.5. The Bertz CT molecular complexity index is 1280. The molecular formula is C24H27N3O6Si. The molecule has 0 amide bonds. The van der Waals surface area contributed by atoms with Crippen LogP contribution in [0.25, 0.3) is 0 Å². The number of hydrogen-bond acceptors (Lipinski definition) is 7. The third-order valence-corrected chi connectivity index (χ3v) is 9.74. The van der Waals surface area contributed by atoms with E-state index < -0.39 is 44.3 Å². The van der Waals surface area contributed by atoms with Crippen molar-refractivity contribution in [3.63, 3.8) is 0 Å². The van der Waals surface area contributed by atoms with Crippen LogP contribution in [-0.2, 0) is 19.6 Å². The molecule has 5 rings (SSSR count). The fourth-order valence-electron chi connectivity index (χ4n) is 4.80. The number of anilines is 1. The predicted molar refractivity (Wildman–Crippen MR) is 128 cm³/mol. The van der Waals surface area contributed by atoms with Crippen LogP contribution in [0.5, 0.6) is 0 Å². The van der Waals surface area contributed by atoms with Gasteiger partial charge >= 0.3 is 14.3 Å². The minimum Gasteiger partial charge on any atom is -0.394 e. The molecule has 2 fully saturated rings. The molecule has 3 heterocycles. The van der Waals surface area contributed by atoms with Gasteiger partial charge in [-0.2, -0.15) is 0 Å². The molecular weight excluding hydrogens is 454 g/mol. The van der Waals surface area contributed by atoms with Crippen molar-refractivity contribution >= 4 is 19.4 Å². The maximum Gasteiger partial charge on any atom is 0.380 e. The monoisotopic (exact) mass is 481 g/mol. The van der Waals surface area contributed by atoms with E-state index in [9.17, 15) is 14.7 Å². The zero-order chi connectivity index (χ0) is 23.9. The highest BCUT2D eigenvalue weighted by Crippen LogP contribution is 2.42. The first kappa shape index (κ1) is 22.8. The van der Waals surface area contributed by atoms with Crippen molar-refractivity contribution in [2.45, 2.75) is 30.6 Å². The number of nitrogens with zero attached hydrogens (tertiary/aromatic N) is 2. The van der Waals surface area contributed by atoms with Crippen LogP contribution in [0, 0.1) is 0 Å². The normalized spacial score (nSPS) is 28.1. The summed E-state index contributed by atoms with van der Waals surface area (Å²) in [6.07, 6.45) is -1.34. The van der Waals surface area contributed by atoms with E-state index in [1.807, 2.05) is 73.6 Å². The van der Waals surface area contributed by atoms with Crippen molar-refractivity contribution in [2.24, 2.45) is 0 Å². The fourth-order valence-corrected chi connectivity index (χ4v) is 8.70. The molecule has 0 radical (unpaired) electrons. The van der Waals surface area contributed by atoms with E-state index in [1.54, 1.807) is 0 Å². The lowest BCUT2D eigenvalue weighted by Crippen LogP contribution is -2.55. The minimum absolute atomic E-state index is 0.287. The van der Waals surface area contributed by atoms with E-state index >= 15 is 0 Å². The van der Waals surface area contributed by atoms with Gasteiger partial charge in [0.1, 0.15) is 18.3 Å². The molecule has 0 bridgehead atoms. The molecule has 0 spiro atoms. The summed E-state index contributed by atoms with van der Waals surface area (Å²) >= 11 is 0. The zero-order valence-electron chi connectivity index (χ0n) is 19.0. The topological polar surface area (TPSA) is 106 Å². The summed E-state index contributed by atoms with van der Waals surface area (Å²) in [7, 11) is 0.814. The van der Waals surface area contributed by atoms with Gasteiger partial charge in [0.05, 0.1) is 6.61 Å². The highest BCUT2D eigenvalue weighted by Gasteiger charge is 2.61. The number of aromatic amines is 1. The number of H-pyrrole nitrogens is 1. The number of aromatic nitrogens is 2. The lowest BCUT2D eigenvalue weighted by molar-refractivity contribution is -0.0630. The number of hydrogen-bond donors (Lipinski definition) is 2. The summed E-state index contributed by atoms with van der Waals surface area (Å²) in [5, 5.41) is 11.0. The lowest BCUT2D eigenvalue weighted by Gasteiger charge is -2.31. The largest absolute Gasteiger partial charge is 0.394 e. The summed E-state index contributed by atoms with van der Waals surface area (Å²) in [5.74, 6) is 0. The van der Waals surface area contributed by atoms with Crippen LogP contribution in [0.4, 0.5) is 5.69 Å². The SMILES string of the molecule is CN(C)c1ccccc1[Si]1(Cc2ccccc2)OC2[C@@H](O1)[C@@H](CO)O[C@H]2n1ccc(=O)[nH]c1=O. The molecule has 9 nitrogen and oxygen atoms in total. The number of para-hydroxylation sites is 1. The van der Waals surface area contributed by atoms with Crippen LogP contribution >= 0.6 is 0 Å². The lowest BCUT2D eigenvalue weighted by atomic mass is 10.1. The first-order valence-electron chi connectivity index (χ1n) is 11.2. The third kappa shape index (κ3) is 3.93. The molecule has 5 atom stereocenters. The second-order valence-electron chi connectivity index (χ2n) is 8.76. The summed E-state index contributed by atoms with van der Waals surface area (Å²) in [6.45, 7) is -0.287. The molecule has 2 aromatic carbocycles. The first-order valence-corrected chi connectivity index (χ1v) is 13.2. The third-order valence-electron chi connectivity index (χ3n) is 6.32. The van der Waals surface area contributed by atoms with Crippen molar-refractivity contribution in [2.75, 3.05) is 25.6 Å². The summed E-state index contributed by atoms with van der Waals surface area (Å²) in [5.41, 5.74) is 0.964. The van der Waals surface area contributed by atoms with Crippen LogP contribution in [0.2, 0.25) is 0 Å². The van der Waals surface area contributed by atoms with Gasteiger partial charge < -0.3 is 23.6 Å². The molecule has 1 aromatic heterocycles. The van der Waals surface area contributed by atoms with E-state index in [4.69, 9.17) is 13.6 Å². The summed E-state index contributed by atoms with van der Waals surface area (Å²) in [6, 6.07) is 19.8.